The van der Waals surface area contributed by atoms with Gasteiger partial charge in [0.15, 0.2) is 0 Å². The Morgan fingerprint density at radius 2 is 2.28 bits per heavy atom. The molecule has 1 aromatic rings. The molecule has 1 aliphatic rings. The molecule has 1 fully saturated rings. The lowest BCUT2D eigenvalue weighted by Gasteiger charge is -2.33. The predicted molar refractivity (Wildman–Crippen MR) is 83.3 cm³/mol. The first-order valence-corrected chi connectivity index (χ1v) is 7.05. The largest absolute Gasteiger partial charge is 0.314 e. The van der Waals surface area contributed by atoms with Crippen LogP contribution >= 0.6 is 36.2 Å². The zero-order valence-electron chi connectivity index (χ0n) is 11.0. The number of piperazine rings is 1. The zero-order chi connectivity index (χ0) is 11.4. The quantitative estimate of drug-likeness (QED) is 0.926. The topological polar surface area (TPSA) is 28.2 Å². The number of nitrogens with one attached hydrogen (secondary N) is 1. The van der Waals surface area contributed by atoms with Crippen molar-refractivity contribution in [3.8, 4) is 0 Å². The van der Waals surface area contributed by atoms with Gasteiger partial charge >= 0.3 is 0 Å². The van der Waals surface area contributed by atoms with Crippen LogP contribution in [0.15, 0.2) is 5.38 Å². The second-order valence-electron chi connectivity index (χ2n) is 4.51. The van der Waals surface area contributed by atoms with E-state index < -0.39 is 0 Å². The molecule has 1 aliphatic heterocycles. The summed E-state index contributed by atoms with van der Waals surface area (Å²) in [5, 5.41) is 6.93. The summed E-state index contributed by atoms with van der Waals surface area (Å²) < 4.78 is 0. The monoisotopic (exact) mass is 311 g/mol. The molecule has 0 unspecified atom stereocenters. The second kappa shape index (κ2) is 9.10. The molecule has 18 heavy (non-hydrogen) atoms. The molecule has 2 rings (SSSR count). The number of rotatable bonds is 4. The molecular formula is C12H23Cl2N3S. The van der Waals surface area contributed by atoms with Crippen molar-refractivity contribution < 1.29 is 0 Å². The van der Waals surface area contributed by atoms with Crippen molar-refractivity contribution >= 4 is 36.2 Å². The molecule has 0 bridgehead atoms. The molecular weight excluding hydrogens is 289 g/mol. The fourth-order valence-corrected chi connectivity index (χ4v) is 2.97. The molecule has 1 N–H and O–H groups in total. The van der Waals surface area contributed by atoms with E-state index in [2.05, 4.69) is 34.4 Å². The highest BCUT2D eigenvalue weighted by molar-refractivity contribution is 7.09. The summed E-state index contributed by atoms with van der Waals surface area (Å²) >= 11 is 1.81. The van der Waals surface area contributed by atoms with Crippen molar-refractivity contribution in [2.24, 2.45) is 0 Å². The Morgan fingerprint density at radius 3 is 2.94 bits per heavy atom. The maximum atomic E-state index is 4.68. The zero-order valence-corrected chi connectivity index (χ0v) is 13.5. The van der Waals surface area contributed by atoms with Gasteiger partial charge in [-0.15, -0.1) is 36.2 Å². The molecule has 0 aromatic carbocycles. The highest BCUT2D eigenvalue weighted by Gasteiger charge is 2.18. The van der Waals surface area contributed by atoms with Crippen LogP contribution in [0.3, 0.4) is 0 Å². The molecule has 106 valence electrons. The maximum absolute atomic E-state index is 4.68. The molecule has 1 atom stereocenters. The second-order valence-corrected chi connectivity index (χ2v) is 5.45. The van der Waals surface area contributed by atoms with Gasteiger partial charge in [-0.05, 0) is 19.8 Å². The van der Waals surface area contributed by atoms with Gasteiger partial charge < -0.3 is 5.32 Å². The van der Waals surface area contributed by atoms with Gasteiger partial charge in [0.1, 0.15) is 0 Å². The van der Waals surface area contributed by atoms with E-state index in [0.717, 1.165) is 32.6 Å². The first kappa shape index (κ1) is 18.1. The van der Waals surface area contributed by atoms with Crippen LogP contribution in [-0.4, -0.2) is 35.6 Å². The Bertz CT molecular complexity index is 333. The van der Waals surface area contributed by atoms with Crippen molar-refractivity contribution in [2.45, 2.75) is 39.3 Å². The van der Waals surface area contributed by atoms with E-state index in [1.54, 1.807) is 0 Å². The molecule has 2 heterocycles. The third kappa shape index (κ3) is 5.02. The number of nitrogens with zero attached hydrogens (tertiary/aromatic N) is 2. The van der Waals surface area contributed by atoms with Crippen LogP contribution in [0.1, 0.15) is 31.0 Å². The minimum atomic E-state index is 0. The normalized spacial score (nSPS) is 20.0. The Morgan fingerprint density at radius 1 is 1.50 bits per heavy atom. The predicted octanol–water partition coefficient (Wildman–Crippen LogP) is 2.73. The number of hydrogen-bond acceptors (Lipinski definition) is 4. The first-order valence-electron chi connectivity index (χ1n) is 6.17. The fraction of sp³-hybridized carbons (Fsp3) is 0.750. The van der Waals surface area contributed by atoms with Gasteiger partial charge in [-0.25, -0.2) is 4.98 Å². The summed E-state index contributed by atoms with van der Waals surface area (Å²) in [7, 11) is 0. The van der Waals surface area contributed by atoms with E-state index in [1.165, 1.54) is 17.1 Å². The summed E-state index contributed by atoms with van der Waals surface area (Å²) in [5.41, 5.74) is 1.25. The molecule has 0 radical (unpaired) electrons. The van der Waals surface area contributed by atoms with E-state index in [1.807, 2.05) is 11.3 Å². The average molecular weight is 312 g/mol. The van der Waals surface area contributed by atoms with E-state index in [0.29, 0.717) is 6.04 Å². The summed E-state index contributed by atoms with van der Waals surface area (Å²) in [4.78, 5) is 7.20. The van der Waals surface area contributed by atoms with Crippen LogP contribution in [0.25, 0.3) is 0 Å². The lowest BCUT2D eigenvalue weighted by atomic mass is 10.2. The van der Waals surface area contributed by atoms with Gasteiger partial charge in [0, 0.05) is 37.6 Å². The van der Waals surface area contributed by atoms with E-state index in [4.69, 9.17) is 0 Å². The van der Waals surface area contributed by atoms with Crippen molar-refractivity contribution in [1.29, 1.82) is 0 Å². The summed E-state index contributed by atoms with van der Waals surface area (Å²) in [5.74, 6) is 0. The number of thiazole rings is 1. The van der Waals surface area contributed by atoms with E-state index >= 15 is 0 Å². The minimum absolute atomic E-state index is 0. The summed E-state index contributed by atoms with van der Waals surface area (Å²) in [6, 6.07) is 0.630. The van der Waals surface area contributed by atoms with Crippen LogP contribution in [0.2, 0.25) is 0 Å². The highest BCUT2D eigenvalue weighted by Crippen LogP contribution is 2.15. The smallest absolute Gasteiger partial charge is 0.0928 e. The molecule has 0 aliphatic carbocycles. The van der Waals surface area contributed by atoms with Gasteiger partial charge in [-0.1, -0.05) is 6.92 Å². The van der Waals surface area contributed by atoms with Gasteiger partial charge in [0.2, 0.25) is 0 Å². The maximum Gasteiger partial charge on any atom is 0.0928 e. The first-order chi connectivity index (χ1) is 7.79. The van der Waals surface area contributed by atoms with Gasteiger partial charge in [-0.2, -0.15) is 0 Å². The van der Waals surface area contributed by atoms with Crippen molar-refractivity contribution in [3.05, 3.63) is 16.1 Å². The Kier molecular flexibility index (Phi) is 9.17. The van der Waals surface area contributed by atoms with Crippen LogP contribution in [-0.2, 0) is 13.0 Å². The summed E-state index contributed by atoms with van der Waals surface area (Å²) in [6.07, 6.45) is 2.32. The highest BCUT2D eigenvalue weighted by atomic mass is 35.5. The molecule has 6 heteroatoms. The van der Waals surface area contributed by atoms with Crippen molar-refractivity contribution in [2.75, 3.05) is 19.6 Å². The van der Waals surface area contributed by atoms with E-state index in [9.17, 15) is 0 Å². The van der Waals surface area contributed by atoms with E-state index in [-0.39, 0.29) is 24.8 Å². The Balaban J connectivity index is 0.00000144. The van der Waals surface area contributed by atoms with Crippen LogP contribution in [0, 0.1) is 0 Å². The standard InChI is InChI=1S/C12H21N3S.2ClH/c1-3-4-12-14-11(9-16-12)8-15-6-5-13-7-10(15)2;;/h9-10,13H,3-8H2,1-2H3;2*1H/t10-;;/m1../s1. The van der Waals surface area contributed by atoms with Crippen LogP contribution < -0.4 is 5.32 Å². The third-order valence-corrected chi connectivity index (χ3v) is 4.02. The van der Waals surface area contributed by atoms with Gasteiger partial charge in [0.05, 0.1) is 10.7 Å². The molecule has 3 nitrogen and oxygen atoms in total. The van der Waals surface area contributed by atoms with Crippen molar-refractivity contribution in [3.63, 3.8) is 0 Å². The molecule has 0 spiro atoms. The Labute approximate surface area is 126 Å². The lowest BCUT2D eigenvalue weighted by molar-refractivity contribution is 0.164. The van der Waals surface area contributed by atoms with Crippen LogP contribution in [0.4, 0.5) is 0 Å². The number of hydrogen-bond donors (Lipinski definition) is 1. The average Bonchev–Trinajstić information content (AvgIpc) is 2.70. The fourth-order valence-electron chi connectivity index (χ4n) is 2.08. The van der Waals surface area contributed by atoms with Crippen LogP contribution in [0.5, 0.6) is 0 Å². The number of aryl methyl sites for hydroxylation is 1. The molecule has 0 saturated carbocycles. The molecule has 1 aromatic heterocycles. The summed E-state index contributed by atoms with van der Waals surface area (Å²) in [6.45, 7) is 8.86. The van der Waals surface area contributed by atoms with Crippen molar-refractivity contribution in [1.82, 2.24) is 15.2 Å². The molecule has 1 saturated heterocycles. The number of aromatic nitrogens is 1. The number of halogens is 2. The molecule has 0 amide bonds. The lowest BCUT2D eigenvalue weighted by Crippen LogP contribution is -2.49. The minimum Gasteiger partial charge on any atom is -0.314 e. The SMILES string of the molecule is CCCc1nc(CN2CCNC[C@H]2C)cs1.Cl.Cl. The van der Waals surface area contributed by atoms with Gasteiger partial charge in [-0.3, -0.25) is 4.90 Å². The Hall–Kier alpha value is 0.130. The van der Waals surface area contributed by atoms with Gasteiger partial charge in [0.25, 0.3) is 0 Å². The third-order valence-electron chi connectivity index (χ3n) is 3.07.